The van der Waals surface area contributed by atoms with Crippen molar-refractivity contribution in [3.05, 3.63) is 75.8 Å². The summed E-state index contributed by atoms with van der Waals surface area (Å²) in [6.45, 7) is 1.75. The molecule has 1 saturated carbocycles. The maximum Gasteiger partial charge on any atom is 0.415 e. The topological polar surface area (TPSA) is 91.1 Å². The molecule has 8 nitrogen and oxygen atoms in total. The van der Waals surface area contributed by atoms with Gasteiger partial charge in [0.2, 0.25) is 0 Å². The number of piperidine rings is 1. The maximum atomic E-state index is 12.6. The summed E-state index contributed by atoms with van der Waals surface area (Å²) in [6.07, 6.45) is 4.84. The molecule has 1 saturated heterocycles. The van der Waals surface area contributed by atoms with Gasteiger partial charge in [0.15, 0.2) is 0 Å². The van der Waals surface area contributed by atoms with Gasteiger partial charge in [-0.1, -0.05) is 42.5 Å². The number of amides is 1. The van der Waals surface area contributed by atoms with E-state index in [-0.39, 0.29) is 18.1 Å². The van der Waals surface area contributed by atoms with Crippen molar-refractivity contribution in [2.45, 2.75) is 44.8 Å². The van der Waals surface area contributed by atoms with Crippen LogP contribution in [-0.2, 0) is 22.6 Å². The summed E-state index contributed by atoms with van der Waals surface area (Å²) in [5.41, 5.74) is 2.21. The molecule has 2 aliphatic rings. The normalized spacial score (nSPS) is 19.2. The third kappa shape index (κ3) is 6.20. The number of nitrogens with zero attached hydrogens (tertiary/aromatic N) is 2. The Balaban J connectivity index is 1.24. The van der Waals surface area contributed by atoms with Crippen LogP contribution in [0, 0.1) is 15.5 Å². The van der Waals surface area contributed by atoms with Crippen molar-refractivity contribution in [3.63, 3.8) is 0 Å². The number of carbonyl (C=O) groups excluding carboxylic acids is 1. The Morgan fingerprint density at radius 1 is 1.09 bits per heavy atom. The van der Waals surface area contributed by atoms with Gasteiger partial charge in [-0.15, -0.1) is 10.1 Å². The van der Waals surface area contributed by atoms with Gasteiger partial charge >= 0.3 is 6.09 Å². The van der Waals surface area contributed by atoms with Gasteiger partial charge < -0.3 is 19.2 Å². The number of ether oxygens (including phenoxy) is 2. The lowest BCUT2D eigenvalue weighted by Crippen LogP contribution is -2.45. The smallest absolute Gasteiger partial charge is 0.410 e. The Morgan fingerprint density at radius 3 is 2.53 bits per heavy atom. The Morgan fingerprint density at radius 2 is 1.84 bits per heavy atom. The van der Waals surface area contributed by atoms with Crippen molar-refractivity contribution >= 4 is 6.09 Å². The highest BCUT2D eigenvalue weighted by Crippen LogP contribution is 2.48. The molecule has 0 spiro atoms. The molecule has 32 heavy (non-hydrogen) atoms. The van der Waals surface area contributed by atoms with Crippen LogP contribution in [-0.4, -0.2) is 41.9 Å². The minimum absolute atomic E-state index is 0.0196. The van der Waals surface area contributed by atoms with E-state index >= 15 is 0 Å². The first-order valence-electron chi connectivity index (χ1n) is 11.0. The van der Waals surface area contributed by atoms with Gasteiger partial charge in [0.1, 0.15) is 12.4 Å². The van der Waals surface area contributed by atoms with Crippen molar-refractivity contribution in [3.8, 4) is 5.75 Å². The maximum absolute atomic E-state index is 12.6. The van der Waals surface area contributed by atoms with E-state index in [2.05, 4.69) is 29.1 Å². The molecule has 170 valence electrons. The number of rotatable bonds is 9. The average Bonchev–Trinajstić information content (AvgIpc) is 3.57. The van der Waals surface area contributed by atoms with Gasteiger partial charge in [-0.25, -0.2) is 4.79 Å². The molecular formula is C24H28N2O6. The minimum Gasteiger partial charge on any atom is -0.410 e. The minimum atomic E-state index is -0.838. The largest absolute Gasteiger partial charge is 0.415 e. The summed E-state index contributed by atoms with van der Waals surface area (Å²) in [4.78, 5) is 28.9. The summed E-state index contributed by atoms with van der Waals surface area (Å²) < 4.78 is 11.7. The molecule has 2 fully saturated rings. The highest BCUT2D eigenvalue weighted by atomic mass is 16.9. The van der Waals surface area contributed by atoms with E-state index in [1.807, 2.05) is 6.07 Å². The zero-order valence-electron chi connectivity index (χ0n) is 18.0. The molecule has 1 amide bonds. The fourth-order valence-corrected chi connectivity index (χ4v) is 4.06. The fraction of sp³-hybridized carbons (Fsp3) is 0.458. The molecule has 0 N–H and O–H groups in total. The average molecular weight is 440 g/mol. The predicted octanol–water partition coefficient (Wildman–Crippen LogP) is 4.40. The van der Waals surface area contributed by atoms with Crippen molar-refractivity contribution in [2.24, 2.45) is 5.41 Å². The first-order valence-corrected chi connectivity index (χ1v) is 11.0. The highest BCUT2D eigenvalue weighted by molar-refractivity contribution is 5.70. The van der Waals surface area contributed by atoms with Gasteiger partial charge in [-0.3, -0.25) is 0 Å². The summed E-state index contributed by atoms with van der Waals surface area (Å²) in [5.74, 6) is 0.391. The monoisotopic (exact) mass is 440 g/mol. The third-order valence-electron chi connectivity index (χ3n) is 6.11. The molecule has 1 atom stereocenters. The standard InChI is InChI=1S/C24H28N2O6/c27-23(32-21-10-8-20(9-11-21)17-31-26(28)29)25-14-4-7-22(16-25)30-18-24(12-13-24)15-19-5-2-1-3-6-19/h1-3,5-6,8-11,22H,4,7,12-18H2. The van der Waals surface area contributed by atoms with E-state index in [0.717, 1.165) is 25.9 Å². The van der Waals surface area contributed by atoms with E-state index in [1.165, 1.54) is 18.4 Å². The van der Waals surface area contributed by atoms with Crippen molar-refractivity contribution in [1.29, 1.82) is 0 Å². The van der Waals surface area contributed by atoms with Crippen LogP contribution in [0.4, 0.5) is 4.79 Å². The molecular weight excluding hydrogens is 412 g/mol. The lowest BCUT2D eigenvalue weighted by atomic mass is 9.97. The van der Waals surface area contributed by atoms with Crippen LogP contribution in [0.5, 0.6) is 5.75 Å². The summed E-state index contributed by atoms with van der Waals surface area (Å²) in [6, 6.07) is 17.0. The van der Waals surface area contributed by atoms with Gasteiger partial charge in [-0.05, 0) is 60.8 Å². The second-order valence-corrected chi connectivity index (χ2v) is 8.69. The van der Waals surface area contributed by atoms with E-state index in [4.69, 9.17) is 9.47 Å². The zero-order chi connectivity index (χ0) is 22.4. The molecule has 8 heteroatoms. The zero-order valence-corrected chi connectivity index (χ0v) is 18.0. The predicted molar refractivity (Wildman–Crippen MR) is 117 cm³/mol. The molecule has 1 aliphatic carbocycles. The number of benzene rings is 2. The van der Waals surface area contributed by atoms with Crippen molar-refractivity contribution in [1.82, 2.24) is 4.90 Å². The van der Waals surface area contributed by atoms with Gasteiger partial charge in [-0.2, -0.15) is 0 Å². The van der Waals surface area contributed by atoms with E-state index in [9.17, 15) is 14.9 Å². The molecule has 0 radical (unpaired) electrons. The quantitative estimate of drug-likeness (QED) is 0.424. The van der Waals surface area contributed by atoms with Crippen LogP contribution in [0.15, 0.2) is 54.6 Å². The SMILES string of the molecule is O=C(Oc1ccc(CO[N+](=O)[O-])cc1)N1CCCC(OCC2(Cc3ccccc3)CC2)C1. The van der Waals surface area contributed by atoms with Gasteiger partial charge in [0.25, 0.3) is 5.09 Å². The highest BCUT2D eigenvalue weighted by Gasteiger charge is 2.43. The van der Waals surface area contributed by atoms with Crippen LogP contribution in [0.2, 0.25) is 0 Å². The lowest BCUT2D eigenvalue weighted by molar-refractivity contribution is -0.763. The second-order valence-electron chi connectivity index (χ2n) is 8.69. The lowest BCUT2D eigenvalue weighted by Gasteiger charge is -2.32. The van der Waals surface area contributed by atoms with Crippen LogP contribution in [0.3, 0.4) is 0 Å². The van der Waals surface area contributed by atoms with E-state index in [1.54, 1.807) is 29.2 Å². The Bertz CT molecular complexity index is 914. The van der Waals surface area contributed by atoms with Crippen LogP contribution < -0.4 is 4.74 Å². The molecule has 2 aromatic rings. The van der Waals surface area contributed by atoms with Crippen LogP contribution in [0.1, 0.15) is 36.8 Å². The summed E-state index contributed by atoms with van der Waals surface area (Å²) >= 11 is 0. The Hall–Kier alpha value is -3.13. The molecule has 2 aromatic carbocycles. The van der Waals surface area contributed by atoms with Crippen molar-refractivity contribution < 1.29 is 24.2 Å². The first-order chi connectivity index (χ1) is 15.5. The van der Waals surface area contributed by atoms with Gasteiger partial charge in [0.05, 0.1) is 19.3 Å². The third-order valence-corrected chi connectivity index (χ3v) is 6.11. The molecule has 1 unspecified atom stereocenters. The van der Waals surface area contributed by atoms with E-state index < -0.39 is 11.2 Å². The molecule has 1 aliphatic heterocycles. The second kappa shape index (κ2) is 9.99. The van der Waals surface area contributed by atoms with Crippen LogP contribution in [0.25, 0.3) is 0 Å². The van der Waals surface area contributed by atoms with Gasteiger partial charge in [0, 0.05) is 6.54 Å². The summed E-state index contributed by atoms with van der Waals surface area (Å²) in [5, 5.41) is 9.43. The Kier molecular flexibility index (Phi) is 6.90. The number of hydrogen-bond donors (Lipinski definition) is 0. The Labute approximate surface area is 187 Å². The number of likely N-dealkylation sites (tertiary alicyclic amines) is 1. The molecule has 0 bridgehead atoms. The summed E-state index contributed by atoms with van der Waals surface area (Å²) in [7, 11) is 0. The number of hydrogen-bond acceptors (Lipinski definition) is 6. The van der Waals surface area contributed by atoms with Crippen LogP contribution >= 0.6 is 0 Å². The molecule has 0 aromatic heterocycles. The molecule has 1 heterocycles. The first kappa shape index (κ1) is 22.1. The fourth-order valence-electron chi connectivity index (χ4n) is 4.06. The number of carbonyl (C=O) groups is 1. The molecule has 4 rings (SSSR count). The van der Waals surface area contributed by atoms with E-state index in [0.29, 0.717) is 24.4 Å². The van der Waals surface area contributed by atoms with Crippen molar-refractivity contribution in [2.75, 3.05) is 19.7 Å².